The van der Waals surface area contributed by atoms with Crippen molar-refractivity contribution in [2.75, 3.05) is 18.1 Å². The van der Waals surface area contributed by atoms with Crippen molar-refractivity contribution < 1.29 is 19.0 Å². The van der Waals surface area contributed by atoms with Gasteiger partial charge in [-0.25, -0.2) is 9.18 Å². The first kappa shape index (κ1) is 10.9. The topological polar surface area (TPSA) is 49.8 Å². The van der Waals surface area contributed by atoms with E-state index in [4.69, 9.17) is 4.74 Å². The Labute approximate surface area is 92.2 Å². The lowest BCUT2D eigenvalue weighted by Crippen LogP contribution is -2.47. The molecule has 1 aliphatic heterocycles. The van der Waals surface area contributed by atoms with Crippen LogP contribution in [-0.2, 0) is 4.74 Å². The monoisotopic (exact) mass is 225 g/mol. The van der Waals surface area contributed by atoms with E-state index in [1.807, 2.05) is 0 Å². The lowest BCUT2D eigenvalue weighted by atomic mass is 10.0. The van der Waals surface area contributed by atoms with Crippen molar-refractivity contribution in [3.8, 4) is 0 Å². The molecule has 0 aliphatic carbocycles. The van der Waals surface area contributed by atoms with Crippen LogP contribution in [0, 0.1) is 5.82 Å². The highest BCUT2D eigenvalue weighted by atomic mass is 19.1. The maximum Gasteiger partial charge on any atom is 0.415 e. The van der Waals surface area contributed by atoms with E-state index < -0.39 is 11.6 Å². The van der Waals surface area contributed by atoms with Gasteiger partial charge in [-0.3, -0.25) is 4.90 Å². The molecule has 16 heavy (non-hydrogen) atoms. The van der Waals surface area contributed by atoms with Crippen molar-refractivity contribution in [3.05, 3.63) is 30.1 Å². The Morgan fingerprint density at radius 2 is 2.12 bits per heavy atom. The highest BCUT2D eigenvalue weighted by Gasteiger charge is 2.44. The van der Waals surface area contributed by atoms with Crippen LogP contribution >= 0.6 is 0 Å². The van der Waals surface area contributed by atoms with Crippen LogP contribution in [0.15, 0.2) is 24.3 Å². The van der Waals surface area contributed by atoms with Crippen molar-refractivity contribution >= 4 is 11.8 Å². The van der Waals surface area contributed by atoms with Gasteiger partial charge >= 0.3 is 6.09 Å². The number of ether oxygens (including phenoxy) is 1. The number of anilines is 1. The molecule has 1 heterocycles. The van der Waals surface area contributed by atoms with Crippen LogP contribution in [0.25, 0.3) is 0 Å². The Balaban J connectivity index is 2.37. The third-order valence-electron chi connectivity index (χ3n) is 2.65. The zero-order valence-corrected chi connectivity index (χ0v) is 8.81. The van der Waals surface area contributed by atoms with E-state index >= 15 is 0 Å². The summed E-state index contributed by atoms with van der Waals surface area (Å²) in [5, 5.41) is 9.28. The summed E-state index contributed by atoms with van der Waals surface area (Å²) in [5.74, 6) is -0.373. The molecule has 5 heteroatoms. The Morgan fingerprint density at radius 1 is 1.50 bits per heavy atom. The molecule has 0 spiro atoms. The van der Waals surface area contributed by atoms with E-state index in [1.54, 1.807) is 6.92 Å². The molecule has 0 bridgehead atoms. The second kappa shape index (κ2) is 3.75. The third-order valence-corrected chi connectivity index (χ3v) is 2.65. The van der Waals surface area contributed by atoms with Gasteiger partial charge in [0.1, 0.15) is 18.0 Å². The summed E-state index contributed by atoms with van der Waals surface area (Å²) in [6.45, 7) is 1.62. The van der Waals surface area contributed by atoms with Crippen molar-refractivity contribution in [2.24, 2.45) is 0 Å². The van der Waals surface area contributed by atoms with E-state index in [0.29, 0.717) is 5.69 Å². The van der Waals surface area contributed by atoms with Gasteiger partial charge in [0.25, 0.3) is 0 Å². The van der Waals surface area contributed by atoms with Crippen molar-refractivity contribution in [1.29, 1.82) is 0 Å². The first-order chi connectivity index (χ1) is 7.57. The van der Waals surface area contributed by atoms with Gasteiger partial charge in [-0.15, -0.1) is 0 Å². The Hall–Kier alpha value is -1.62. The number of amides is 1. The Morgan fingerprint density at radius 3 is 2.69 bits per heavy atom. The lowest BCUT2D eigenvalue weighted by molar-refractivity contribution is 0.155. The summed E-state index contributed by atoms with van der Waals surface area (Å²) in [4.78, 5) is 12.9. The van der Waals surface area contributed by atoms with Crippen LogP contribution in [0.4, 0.5) is 14.9 Å². The van der Waals surface area contributed by atoms with Gasteiger partial charge in [-0.1, -0.05) is 0 Å². The van der Waals surface area contributed by atoms with Crippen LogP contribution in [-0.4, -0.2) is 30.0 Å². The molecule has 1 N–H and O–H groups in total. The SMILES string of the molecule is CC1(CO)COC(=O)N1c1ccc(F)cc1. The molecule has 1 amide bonds. The molecule has 4 nitrogen and oxygen atoms in total. The van der Waals surface area contributed by atoms with Gasteiger partial charge in [0.2, 0.25) is 0 Å². The van der Waals surface area contributed by atoms with E-state index in [2.05, 4.69) is 0 Å². The molecule has 0 saturated carbocycles. The molecule has 1 aliphatic rings. The lowest BCUT2D eigenvalue weighted by Gasteiger charge is -2.29. The highest BCUT2D eigenvalue weighted by molar-refractivity contribution is 5.91. The van der Waals surface area contributed by atoms with E-state index in [0.717, 1.165) is 0 Å². The molecule has 2 rings (SSSR count). The number of carbonyl (C=O) groups is 1. The highest BCUT2D eigenvalue weighted by Crippen LogP contribution is 2.30. The van der Waals surface area contributed by atoms with Gasteiger partial charge in [-0.05, 0) is 31.2 Å². The molecule has 1 aromatic carbocycles. The predicted molar refractivity (Wildman–Crippen MR) is 55.7 cm³/mol. The number of aliphatic hydroxyl groups is 1. The van der Waals surface area contributed by atoms with Crippen LogP contribution in [0.2, 0.25) is 0 Å². The van der Waals surface area contributed by atoms with Gasteiger partial charge in [-0.2, -0.15) is 0 Å². The fraction of sp³-hybridized carbons (Fsp3) is 0.364. The van der Waals surface area contributed by atoms with Gasteiger partial charge in [0.15, 0.2) is 0 Å². The number of hydrogen-bond acceptors (Lipinski definition) is 3. The summed E-state index contributed by atoms with van der Waals surface area (Å²) in [6.07, 6.45) is -0.525. The summed E-state index contributed by atoms with van der Waals surface area (Å²) in [5.41, 5.74) is -0.269. The first-order valence-corrected chi connectivity index (χ1v) is 4.90. The molecule has 1 aromatic rings. The number of cyclic esters (lactones) is 1. The van der Waals surface area contributed by atoms with Gasteiger partial charge < -0.3 is 9.84 Å². The molecule has 0 radical (unpaired) electrons. The summed E-state index contributed by atoms with van der Waals surface area (Å²) in [6, 6.07) is 5.49. The molecule has 86 valence electrons. The number of rotatable bonds is 2. The van der Waals surface area contributed by atoms with E-state index in [9.17, 15) is 14.3 Å². The Kier molecular flexibility index (Phi) is 2.55. The first-order valence-electron chi connectivity index (χ1n) is 4.90. The fourth-order valence-corrected chi connectivity index (χ4v) is 1.69. The van der Waals surface area contributed by atoms with Crippen molar-refractivity contribution in [2.45, 2.75) is 12.5 Å². The number of hydrogen-bond donors (Lipinski definition) is 1. The Bertz CT molecular complexity index is 406. The number of carbonyl (C=O) groups excluding carboxylic acids is 1. The maximum atomic E-state index is 12.8. The molecule has 1 fully saturated rings. The summed E-state index contributed by atoms with van der Waals surface area (Å²) < 4.78 is 17.7. The minimum atomic E-state index is -0.783. The van der Waals surface area contributed by atoms with Crippen LogP contribution in [0.3, 0.4) is 0 Å². The minimum Gasteiger partial charge on any atom is -0.447 e. The number of aliphatic hydroxyl groups excluding tert-OH is 1. The summed E-state index contributed by atoms with van der Waals surface area (Å²) in [7, 11) is 0. The normalized spacial score (nSPS) is 24.7. The number of nitrogens with zero attached hydrogens (tertiary/aromatic N) is 1. The average Bonchev–Trinajstić information content (AvgIpc) is 2.58. The maximum absolute atomic E-state index is 12.8. The van der Waals surface area contributed by atoms with Gasteiger partial charge in [0.05, 0.1) is 6.61 Å². The standard InChI is InChI=1S/C11H12FNO3/c1-11(6-14)7-16-10(15)13(11)9-4-2-8(12)3-5-9/h2-5,14H,6-7H2,1H3. The zero-order valence-electron chi connectivity index (χ0n) is 8.81. The molecule has 1 atom stereocenters. The zero-order chi connectivity index (χ0) is 11.8. The molecular weight excluding hydrogens is 213 g/mol. The number of benzene rings is 1. The molecule has 1 unspecified atom stereocenters. The quantitative estimate of drug-likeness (QED) is 0.830. The minimum absolute atomic E-state index is 0.125. The predicted octanol–water partition coefficient (Wildman–Crippen LogP) is 1.53. The largest absolute Gasteiger partial charge is 0.447 e. The van der Waals surface area contributed by atoms with Gasteiger partial charge in [0, 0.05) is 5.69 Å². The fourth-order valence-electron chi connectivity index (χ4n) is 1.69. The molecule has 1 saturated heterocycles. The van der Waals surface area contributed by atoms with Crippen LogP contribution in [0.1, 0.15) is 6.92 Å². The molecular formula is C11H12FNO3. The summed E-state index contributed by atoms with van der Waals surface area (Å²) >= 11 is 0. The van der Waals surface area contributed by atoms with E-state index in [1.165, 1.54) is 29.2 Å². The van der Waals surface area contributed by atoms with E-state index in [-0.39, 0.29) is 19.0 Å². The second-order valence-electron chi connectivity index (χ2n) is 4.02. The van der Waals surface area contributed by atoms with Crippen LogP contribution < -0.4 is 4.90 Å². The number of halogens is 1. The third kappa shape index (κ3) is 1.63. The van der Waals surface area contributed by atoms with Crippen LogP contribution in [0.5, 0.6) is 0 Å². The van der Waals surface area contributed by atoms with Crippen molar-refractivity contribution in [3.63, 3.8) is 0 Å². The second-order valence-corrected chi connectivity index (χ2v) is 4.02. The van der Waals surface area contributed by atoms with Crippen molar-refractivity contribution in [1.82, 2.24) is 0 Å². The average molecular weight is 225 g/mol. The molecule has 0 aromatic heterocycles. The smallest absolute Gasteiger partial charge is 0.415 e.